The molecule has 5 rings (SSSR count). The number of aryl methyl sites for hydroxylation is 2. The van der Waals surface area contributed by atoms with Crippen LogP contribution in [-0.4, -0.2) is 21.6 Å². The van der Waals surface area contributed by atoms with Gasteiger partial charge in [0.15, 0.2) is 0 Å². The molecule has 0 atom stereocenters. The highest BCUT2D eigenvalue weighted by Crippen LogP contribution is 2.34. The van der Waals surface area contributed by atoms with E-state index in [2.05, 4.69) is 10.3 Å². The summed E-state index contributed by atoms with van der Waals surface area (Å²) in [7, 11) is 1.63. The number of aromatic nitrogens is 3. The van der Waals surface area contributed by atoms with Crippen LogP contribution in [0.1, 0.15) is 35.4 Å². The van der Waals surface area contributed by atoms with Crippen LogP contribution in [0.2, 0.25) is 0 Å². The molecule has 0 spiro atoms. The number of nitrogens with one attached hydrogen (secondary N) is 1. The average Bonchev–Trinajstić information content (AvgIpc) is 3.00. The molecule has 158 valence electrons. The number of rotatable bonds is 5. The van der Waals surface area contributed by atoms with Gasteiger partial charge in [-0.2, -0.15) is 0 Å². The normalized spacial score (nSPS) is 13.6. The lowest BCUT2D eigenvalue weighted by molar-refractivity contribution is 0.414. The minimum absolute atomic E-state index is 0.0157. The molecular formula is C24H24N4O2S. The van der Waals surface area contributed by atoms with E-state index in [9.17, 15) is 4.79 Å². The summed E-state index contributed by atoms with van der Waals surface area (Å²) in [5, 5.41) is 4.13. The molecular weight excluding hydrogens is 408 g/mol. The van der Waals surface area contributed by atoms with Crippen molar-refractivity contribution in [3.8, 4) is 11.4 Å². The number of methoxy groups -OCH3 is 1. The molecule has 31 heavy (non-hydrogen) atoms. The second-order valence-corrected chi connectivity index (χ2v) is 8.78. The molecule has 0 radical (unpaired) electrons. The molecule has 1 N–H and O–H groups in total. The van der Waals surface area contributed by atoms with Crippen LogP contribution in [0, 0.1) is 0 Å². The van der Waals surface area contributed by atoms with Crippen molar-refractivity contribution in [2.45, 2.75) is 38.6 Å². The smallest absolute Gasteiger partial charge is 0.268 e. The van der Waals surface area contributed by atoms with Gasteiger partial charge in [-0.1, -0.05) is 12.5 Å². The monoisotopic (exact) mass is 432 g/mol. The molecule has 3 aromatic heterocycles. The predicted molar refractivity (Wildman–Crippen MR) is 125 cm³/mol. The fourth-order valence-electron chi connectivity index (χ4n) is 4.14. The van der Waals surface area contributed by atoms with Crippen molar-refractivity contribution in [2.75, 3.05) is 12.4 Å². The summed E-state index contributed by atoms with van der Waals surface area (Å²) in [5.74, 6) is 1.28. The third-order valence-corrected chi connectivity index (χ3v) is 6.91. The molecule has 1 aromatic carbocycles. The van der Waals surface area contributed by atoms with Crippen LogP contribution in [-0.2, 0) is 19.4 Å². The Hall–Kier alpha value is -3.19. The molecule has 0 aliphatic heterocycles. The van der Waals surface area contributed by atoms with Crippen molar-refractivity contribution in [1.29, 1.82) is 0 Å². The number of pyridine rings is 1. The molecule has 3 heterocycles. The minimum atomic E-state index is -0.0157. The lowest BCUT2D eigenvalue weighted by atomic mass is 10.1. The van der Waals surface area contributed by atoms with Gasteiger partial charge in [-0.25, -0.2) is 9.55 Å². The summed E-state index contributed by atoms with van der Waals surface area (Å²) in [5.41, 5.74) is 2.84. The zero-order valence-electron chi connectivity index (χ0n) is 17.4. The molecule has 0 saturated carbocycles. The number of ether oxygens (including phenoxy) is 1. The third kappa shape index (κ3) is 3.81. The maximum absolute atomic E-state index is 13.8. The van der Waals surface area contributed by atoms with E-state index in [4.69, 9.17) is 9.72 Å². The topological polar surface area (TPSA) is 69.0 Å². The fourth-order valence-corrected chi connectivity index (χ4v) is 5.40. The molecule has 0 saturated heterocycles. The minimum Gasteiger partial charge on any atom is -0.497 e. The fraction of sp³-hybridized carbons (Fsp3) is 0.292. The van der Waals surface area contributed by atoms with Crippen molar-refractivity contribution in [1.82, 2.24) is 14.5 Å². The number of thiophene rings is 1. The number of anilines is 1. The van der Waals surface area contributed by atoms with Gasteiger partial charge in [-0.15, -0.1) is 11.3 Å². The van der Waals surface area contributed by atoms with Gasteiger partial charge in [0.1, 0.15) is 10.6 Å². The zero-order valence-corrected chi connectivity index (χ0v) is 18.2. The quantitative estimate of drug-likeness (QED) is 0.462. The summed E-state index contributed by atoms with van der Waals surface area (Å²) in [4.78, 5) is 25.2. The van der Waals surface area contributed by atoms with Crippen LogP contribution in [0.5, 0.6) is 5.75 Å². The molecule has 0 bridgehead atoms. The third-order valence-electron chi connectivity index (χ3n) is 5.72. The predicted octanol–water partition coefficient (Wildman–Crippen LogP) is 4.73. The largest absolute Gasteiger partial charge is 0.497 e. The summed E-state index contributed by atoms with van der Waals surface area (Å²) in [6, 6.07) is 13.3. The first kappa shape index (κ1) is 19.8. The van der Waals surface area contributed by atoms with E-state index in [1.54, 1.807) is 29.2 Å². The van der Waals surface area contributed by atoms with Gasteiger partial charge in [0.05, 0.1) is 30.4 Å². The Morgan fingerprint density at radius 1 is 1.10 bits per heavy atom. The molecule has 1 aliphatic rings. The summed E-state index contributed by atoms with van der Waals surface area (Å²) >= 11 is 1.67. The van der Waals surface area contributed by atoms with E-state index in [1.807, 2.05) is 42.5 Å². The highest BCUT2D eigenvalue weighted by molar-refractivity contribution is 7.18. The molecule has 1 aliphatic carbocycles. The van der Waals surface area contributed by atoms with Crippen LogP contribution in [0.25, 0.3) is 15.9 Å². The lowest BCUT2D eigenvalue weighted by Gasteiger charge is -2.14. The molecule has 6 nitrogen and oxygen atoms in total. The zero-order chi connectivity index (χ0) is 21.2. The first-order chi connectivity index (χ1) is 15.2. The van der Waals surface area contributed by atoms with Gasteiger partial charge < -0.3 is 10.1 Å². The van der Waals surface area contributed by atoms with E-state index in [-0.39, 0.29) is 5.56 Å². The van der Waals surface area contributed by atoms with Crippen molar-refractivity contribution >= 4 is 27.5 Å². The highest BCUT2D eigenvalue weighted by atomic mass is 32.1. The Morgan fingerprint density at radius 3 is 2.71 bits per heavy atom. The van der Waals surface area contributed by atoms with Crippen molar-refractivity contribution < 1.29 is 4.74 Å². The summed E-state index contributed by atoms with van der Waals surface area (Å²) in [6.45, 7) is 0.486. The van der Waals surface area contributed by atoms with Gasteiger partial charge >= 0.3 is 0 Å². The number of nitrogens with zero attached hydrogens (tertiary/aromatic N) is 3. The van der Waals surface area contributed by atoms with Gasteiger partial charge in [0.2, 0.25) is 5.95 Å². The van der Waals surface area contributed by atoms with Crippen LogP contribution in [0.15, 0.2) is 53.5 Å². The SMILES string of the molecule is COc1ccc(-n2c(NCc3ccccn3)nc3sc4c(c3c2=O)CCCCC4)cc1. The second kappa shape index (κ2) is 8.51. The van der Waals surface area contributed by atoms with E-state index in [0.717, 1.165) is 46.6 Å². The van der Waals surface area contributed by atoms with Gasteiger partial charge in [0.25, 0.3) is 5.56 Å². The highest BCUT2D eigenvalue weighted by Gasteiger charge is 2.22. The average molecular weight is 433 g/mol. The van der Waals surface area contributed by atoms with E-state index >= 15 is 0 Å². The number of fused-ring (bicyclic) bond motifs is 3. The van der Waals surface area contributed by atoms with E-state index < -0.39 is 0 Å². The first-order valence-electron chi connectivity index (χ1n) is 10.6. The van der Waals surface area contributed by atoms with Crippen molar-refractivity contribution in [3.63, 3.8) is 0 Å². The van der Waals surface area contributed by atoms with Crippen LogP contribution in [0.4, 0.5) is 5.95 Å². The second-order valence-electron chi connectivity index (χ2n) is 7.69. The van der Waals surface area contributed by atoms with Crippen molar-refractivity contribution in [2.24, 2.45) is 0 Å². The summed E-state index contributed by atoms with van der Waals surface area (Å²) in [6.07, 6.45) is 7.27. The van der Waals surface area contributed by atoms with Crippen LogP contribution >= 0.6 is 11.3 Å². The Bertz CT molecular complexity index is 1260. The molecule has 0 fully saturated rings. The Kier molecular flexibility index (Phi) is 5.42. The first-order valence-corrected chi connectivity index (χ1v) is 11.4. The number of hydrogen-bond acceptors (Lipinski definition) is 6. The molecule has 0 amide bonds. The van der Waals surface area contributed by atoms with Crippen LogP contribution in [0.3, 0.4) is 0 Å². The van der Waals surface area contributed by atoms with E-state index in [1.165, 1.54) is 23.3 Å². The lowest BCUT2D eigenvalue weighted by Crippen LogP contribution is -2.24. The maximum Gasteiger partial charge on any atom is 0.268 e. The number of hydrogen-bond donors (Lipinski definition) is 1. The Labute approximate surface area is 184 Å². The summed E-state index contributed by atoms with van der Waals surface area (Å²) < 4.78 is 6.97. The molecule has 4 aromatic rings. The van der Waals surface area contributed by atoms with E-state index in [0.29, 0.717) is 12.5 Å². The Morgan fingerprint density at radius 2 is 1.94 bits per heavy atom. The van der Waals surface area contributed by atoms with Gasteiger partial charge in [0, 0.05) is 11.1 Å². The number of benzene rings is 1. The maximum atomic E-state index is 13.8. The Balaban J connectivity index is 1.66. The van der Waals surface area contributed by atoms with Gasteiger partial charge in [-0.05, 0) is 67.6 Å². The molecule has 0 unspecified atom stereocenters. The van der Waals surface area contributed by atoms with Crippen molar-refractivity contribution in [3.05, 3.63) is 75.1 Å². The standard InChI is InChI=1S/C24H24N4O2S/c1-30-18-12-10-17(11-13-18)28-23(29)21-19-8-3-2-4-9-20(19)31-22(21)27-24(28)26-15-16-7-5-6-14-25-16/h5-7,10-14H,2-4,8-9,15H2,1H3,(H,26,27). The van der Waals surface area contributed by atoms with Crippen LogP contribution < -0.4 is 15.6 Å². The van der Waals surface area contributed by atoms with Gasteiger partial charge in [-0.3, -0.25) is 9.78 Å². The molecule has 7 heteroatoms.